The summed E-state index contributed by atoms with van der Waals surface area (Å²) in [6, 6.07) is 8.77. The quantitative estimate of drug-likeness (QED) is 0.894. The second-order valence-corrected chi connectivity index (χ2v) is 6.48. The average molecular weight is 339 g/mol. The lowest BCUT2D eigenvalue weighted by atomic mass is 9.75. The van der Waals surface area contributed by atoms with Crippen LogP contribution in [0.15, 0.2) is 28.7 Å². The maximum atomic E-state index is 12.0. The molecule has 0 saturated heterocycles. The summed E-state index contributed by atoms with van der Waals surface area (Å²) in [6.07, 6.45) is 2.21. The van der Waals surface area contributed by atoms with E-state index in [1.165, 1.54) is 10.0 Å². The number of halogens is 1. The Morgan fingerprint density at radius 3 is 2.70 bits per heavy atom. The molecule has 20 heavy (non-hydrogen) atoms. The SMILES string of the molecule is CCN(C)C(=O)C(C)NC1CC(c2ccccc2Br)C1. The van der Waals surface area contributed by atoms with Gasteiger partial charge in [0.05, 0.1) is 6.04 Å². The first-order valence-corrected chi connectivity index (χ1v) is 8.07. The van der Waals surface area contributed by atoms with Crippen LogP contribution < -0.4 is 5.32 Å². The fourth-order valence-corrected chi connectivity index (χ4v) is 3.33. The molecule has 1 fully saturated rings. The van der Waals surface area contributed by atoms with E-state index in [0.29, 0.717) is 12.0 Å². The number of benzene rings is 1. The normalized spacial score (nSPS) is 23.0. The zero-order valence-corrected chi connectivity index (χ0v) is 14.0. The van der Waals surface area contributed by atoms with Crippen LogP contribution in [0.5, 0.6) is 0 Å². The molecule has 1 aromatic rings. The van der Waals surface area contributed by atoms with Crippen LogP contribution in [-0.2, 0) is 4.79 Å². The number of nitrogens with zero attached hydrogens (tertiary/aromatic N) is 1. The molecule has 0 aromatic heterocycles. The van der Waals surface area contributed by atoms with Crippen molar-refractivity contribution >= 4 is 21.8 Å². The number of carbonyl (C=O) groups excluding carboxylic acids is 1. The Bertz CT molecular complexity index is 471. The van der Waals surface area contributed by atoms with Crippen molar-refractivity contribution in [2.75, 3.05) is 13.6 Å². The summed E-state index contributed by atoms with van der Waals surface area (Å²) in [6.45, 7) is 4.71. The Morgan fingerprint density at radius 1 is 1.45 bits per heavy atom. The Morgan fingerprint density at radius 2 is 2.10 bits per heavy atom. The predicted octanol–water partition coefficient (Wildman–Crippen LogP) is 3.15. The zero-order valence-electron chi connectivity index (χ0n) is 12.4. The van der Waals surface area contributed by atoms with E-state index in [4.69, 9.17) is 0 Å². The number of amides is 1. The minimum absolute atomic E-state index is 0.0925. The Kier molecular flexibility index (Phi) is 5.22. The minimum Gasteiger partial charge on any atom is -0.345 e. The molecule has 4 heteroatoms. The van der Waals surface area contributed by atoms with E-state index in [1.807, 2.05) is 27.0 Å². The zero-order chi connectivity index (χ0) is 14.7. The van der Waals surface area contributed by atoms with Gasteiger partial charge in [0, 0.05) is 24.1 Å². The van der Waals surface area contributed by atoms with Crippen molar-refractivity contribution in [1.82, 2.24) is 10.2 Å². The lowest BCUT2D eigenvalue weighted by Gasteiger charge is -2.38. The number of hydrogen-bond donors (Lipinski definition) is 1. The van der Waals surface area contributed by atoms with Crippen LogP contribution in [0.4, 0.5) is 0 Å². The lowest BCUT2D eigenvalue weighted by Crippen LogP contribution is -2.50. The summed E-state index contributed by atoms with van der Waals surface area (Å²) < 4.78 is 1.19. The highest BCUT2D eigenvalue weighted by Gasteiger charge is 2.33. The molecule has 1 atom stereocenters. The Balaban J connectivity index is 1.82. The molecule has 1 aromatic carbocycles. The third-order valence-corrected chi connectivity index (χ3v) is 4.91. The van der Waals surface area contributed by atoms with E-state index >= 15 is 0 Å². The van der Waals surface area contributed by atoms with Crippen LogP contribution in [-0.4, -0.2) is 36.5 Å². The largest absolute Gasteiger partial charge is 0.345 e. The van der Waals surface area contributed by atoms with Crippen molar-refractivity contribution in [1.29, 1.82) is 0 Å². The third kappa shape index (κ3) is 3.41. The first-order chi connectivity index (χ1) is 9.52. The molecule has 1 saturated carbocycles. The van der Waals surface area contributed by atoms with Gasteiger partial charge in [-0.2, -0.15) is 0 Å². The number of carbonyl (C=O) groups is 1. The molecule has 1 aliphatic rings. The van der Waals surface area contributed by atoms with E-state index in [-0.39, 0.29) is 11.9 Å². The van der Waals surface area contributed by atoms with Crippen LogP contribution in [0, 0.1) is 0 Å². The third-order valence-electron chi connectivity index (χ3n) is 4.19. The molecular weight excluding hydrogens is 316 g/mol. The molecule has 1 amide bonds. The summed E-state index contributed by atoms with van der Waals surface area (Å²) in [5, 5.41) is 3.44. The summed E-state index contributed by atoms with van der Waals surface area (Å²) in [5.74, 6) is 0.783. The molecule has 1 unspecified atom stereocenters. The minimum atomic E-state index is -0.0925. The fraction of sp³-hybridized carbons (Fsp3) is 0.562. The van der Waals surface area contributed by atoms with E-state index < -0.39 is 0 Å². The smallest absolute Gasteiger partial charge is 0.239 e. The van der Waals surface area contributed by atoms with Crippen molar-refractivity contribution in [2.24, 2.45) is 0 Å². The molecule has 2 rings (SSSR count). The molecular formula is C16H23BrN2O. The first-order valence-electron chi connectivity index (χ1n) is 7.28. The van der Waals surface area contributed by atoms with Gasteiger partial charge in [-0.05, 0) is 44.2 Å². The van der Waals surface area contributed by atoms with Gasteiger partial charge in [0.25, 0.3) is 0 Å². The van der Waals surface area contributed by atoms with Crippen molar-refractivity contribution in [2.45, 2.75) is 44.7 Å². The van der Waals surface area contributed by atoms with Crippen LogP contribution in [0.3, 0.4) is 0 Å². The molecule has 1 aliphatic carbocycles. The highest BCUT2D eigenvalue weighted by molar-refractivity contribution is 9.10. The fourth-order valence-electron chi connectivity index (χ4n) is 2.73. The average Bonchev–Trinajstić information content (AvgIpc) is 2.41. The second kappa shape index (κ2) is 6.72. The predicted molar refractivity (Wildman–Crippen MR) is 85.8 cm³/mol. The highest BCUT2D eigenvalue weighted by Crippen LogP contribution is 2.40. The van der Waals surface area contributed by atoms with Crippen LogP contribution in [0.2, 0.25) is 0 Å². The van der Waals surface area contributed by atoms with Gasteiger partial charge in [0.15, 0.2) is 0 Å². The standard InChI is InChI=1S/C16H23BrN2O/c1-4-19(3)16(20)11(2)18-13-9-12(10-13)14-7-5-6-8-15(14)17/h5-8,11-13,18H,4,9-10H2,1-3H3. The Hall–Kier alpha value is -0.870. The second-order valence-electron chi connectivity index (χ2n) is 5.63. The number of rotatable bonds is 5. The van der Waals surface area contributed by atoms with Crippen molar-refractivity contribution in [3.8, 4) is 0 Å². The number of nitrogens with one attached hydrogen (secondary N) is 1. The van der Waals surface area contributed by atoms with Gasteiger partial charge in [-0.1, -0.05) is 34.1 Å². The number of likely N-dealkylation sites (N-methyl/N-ethyl adjacent to an activating group) is 1. The van der Waals surface area contributed by atoms with E-state index in [1.54, 1.807) is 4.90 Å². The van der Waals surface area contributed by atoms with Gasteiger partial charge < -0.3 is 10.2 Å². The molecule has 0 bridgehead atoms. The van der Waals surface area contributed by atoms with Gasteiger partial charge in [0.1, 0.15) is 0 Å². The van der Waals surface area contributed by atoms with Crippen molar-refractivity contribution in [3.05, 3.63) is 34.3 Å². The summed E-state index contributed by atoms with van der Waals surface area (Å²) in [7, 11) is 1.85. The van der Waals surface area contributed by atoms with Gasteiger partial charge >= 0.3 is 0 Å². The van der Waals surface area contributed by atoms with Crippen molar-refractivity contribution in [3.63, 3.8) is 0 Å². The Labute approximate surface area is 129 Å². The van der Waals surface area contributed by atoms with E-state index in [2.05, 4.69) is 39.4 Å². The molecule has 0 heterocycles. The highest BCUT2D eigenvalue weighted by atomic mass is 79.9. The van der Waals surface area contributed by atoms with Gasteiger partial charge in [-0.15, -0.1) is 0 Å². The molecule has 110 valence electrons. The molecule has 0 spiro atoms. The van der Waals surface area contributed by atoms with Crippen LogP contribution >= 0.6 is 15.9 Å². The van der Waals surface area contributed by atoms with Crippen LogP contribution in [0.25, 0.3) is 0 Å². The van der Waals surface area contributed by atoms with E-state index in [0.717, 1.165) is 19.4 Å². The lowest BCUT2D eigenvalue weighted by molar-refractivity contribution is -0.131. The summed E-state index contributed by atoms with van der Waals surface area (Å²) in [4.78, 5) is 13.8. The monoisotopic (exact) mass is 338 g/mol. The van der Waals surface area contributed by atoms with Crippen molar-refractivity contribution < 1.29 is 4.79 Å². The van der Waals surface area contributed by atoms with Gasteiger partial charge in [-0.25, -0.2) is 0 Å². The number of hydrogen-bond acceptors (Lipinski definition) is 2. The molecule has 3 nitrogen and oxygen atoms in total. The summed E-state index contributed by atoms with van der Waals surface area (Å²) in [5.41, 5.74) is 1.38. The topological polar surface area (TPSA) is 32.3 Å². The molecule has 1 N–H and O–H groups in total. The summed E-state index contributed by atoms with van der Waals surface area (Å²) >= 11 is 3.61. The maximum absolute atomic E-state index is 12.0. The van der Waals surface area contributed by atoms with Gasteiger partial charge in [-0.3, -0.25) is 4.79 Å². The van der Waals surface area contributed by atoms with Crippen LogP contribution in [0.1, 0.15) is 38.2 Å². The molecule has 0 radical (unpaired) electrons. The molecule has 0 aliphatic heterocycles. The van der Waals surface area contributed by atoms with Gasteiger partial charge in [0.2, 0.25) is 5.91 Å². The van der Waals surface area contributed by atoms with E-state index in [9.17, 15) is 4.79 Å². The maximum Gasteiger partial charge on any atom is 0.239 e. The first kappa shape index (κ1) is 15.5.